The number of methoxy groups -OCH3 is 1. The minimum Gasteiger partial charge on any atom is -0.465 e. The Balaban J connectivity index is 1.75. The van der Waals surface area contributed by atoms with Gasteiger partial charge >= 0.3 is 5.97 Å². The smallest absolute Gasteiger partial charge is 0.349 e. The fourth-order valence-electron chi connectivity index (χ4n) is 2.72. The first-order valence-corrected chi connectivity index (χ1v) is 9.92. The second kappa shape index (κ2) is 7.11. The summed E-state index contributed by atoms with van der Waals surface area (Å²) in [7, 11) is -2.54. The molecule has 0 bridgehead atoms. The third-order valence-corrected chi connectivity index (χ3v) is 7.01. The molecule has 134 valence electrons. The third kappa shape index (κ3) is 3.53. The van der Waals surface area contributed by atoms with Crippen molar-refractivity contribution in [2.24, 2.45) is 0 Å². The van der Waals surface area contributed by atoms with Crippen molar-refractivity contribution in [1.29, 1.82) is 0 Å². The van der Waals surface area contributed by atoms with Gasteiger partial charge in [0.15, 0.2) is 0 Å². The maximum Gasteiger partial charge on any atom is 0.349 e. The number of ether oxygens (including phenoxy) is 1. The van der Waals surface area contributed by atoms with Crippen molar-refractivity contribution in [2.45, 2.75) is 4.90 Å². The van der Waals surface area contributed by atoms with Gasteiger partial charge in [-0.25, -0.2) is 17.6 Å². The van der Waals surface area contributed by atoms with Gasteiger partial charge in [0.25, 0.3) is 0 Å². The Kier molecular flexibility index (Phi) is 5.07. The molecule has 0 spiro atoms. The molecule has 1 aliphatic heterocycles. The monoisotopic (exact) mass is 384 g/mol. The number of halogens is 1. The first-order valence-electron chi connectivity index (χ1n) is 7.60. The van der Waals surface area contributed by atoms with E-state index in [0.717, 1.165) is 17.0 Å². The Morgan fingerprint density at radius 2 is 1.76 bits per heavy atom. The molecule has 0 radical (unpaired) electrons. The highest BCUT2D eigenvalue weighted by Gasteiger charge is 2.32. The number of hydrogen-bond donors (Lipinski definition) is 0. The van der Waals surface area contributed by atoms with Crippen molar-refractivity contribution in [3.8, 4) is 0 Å². The number of rotatable bonds is 4. The minimum absolute atomic E-state index is 0.0143. The lowest BCUT2D eigenvalue weighted by Gasteiger charge is -2.35. The van der Waals surface area contributed by atoms with Gasteiger partial charge in [-0.3, -0.25) is 0 Å². The van der Waals surface area contributed by atoms with Gasteiger partial charge < -0.3 is 9.64 Å². The summed E-state index contributed by atoms with van der Waals surface area (Å²) in [5.74, 6) is -0.962. The zero-order chi connectivity index (χ0) is 18.0. The van der Waals surface area contributed by atoms with Gasteiger partial charge in [0.05, 0.1) is 7.11 Å². The number of carbonyl (C=O) groups is 1. The van der Waals surface area contributed by atoms with Crippen molar-refractivity contribution >= 4 is 33.0 Å². The molecule has 6 nitrogen and oxygen atoms in total. The van der Waals surface area contributed by atoms with Gasteiger partial charge in [-0.15, -0.1) is 11.3 Å². The van der Waals surface area contributed by atoms with Crippen LogP contribution < -0.4 is 4.90 Å². The Morgan fingerprint density at radius 3 is 2.36 bits per heavy atom. The van der Waals surface area contributed by atoms with E-state index >= 15 is 0 Å². The predicted octanol–water partition coefficient (Wildman–Crippen LogP) is 2.18. The van der Waals surface area contributed by atoms with Crippen molar-refractivity contribution in [3.05, 3.63) is 46.4 Å². The number of anilines is 1. The van der Waals surface area contributed by atoms with Gasteiger partial charge in [0.2, 0.25) is 10.0 Å². The molecule has 2 aromatic rings. The lowest BCUT2D eigenvalue weighted by molar-refractivity contribution is 0.0602. The molecule has 0 aliphatic carbocycles. The summed E-state index contributed by atoms with van der Waals surface area (Å²) in [5, 5.41) is 1.56. The summed E-state index contributed by atoms with van der Waals surface area (Å²) in [5.41, 5.74) is 0.851. The van der Waals surface area contributed by atoms with Gasteiger partial charge in [0.1, 0.15) is 15.6 Å². The Hall–Kier alpha value is -1.97. The second-order valence-corrected chi connectivity index (χ2v) is 8.30. The average Bonchev–Trinajstić information content (AvgIpc) is 3.12. The van der Waals surface area contributed by atoms with Crippen LogP contribution in [0.3, 0.4) is 0 Å². The van der Waals surface area contributed by atoms with Gasteiger partial charge in [-0.2, -0.15) is 4.31 Å². The fraction of sp³-hybridized carbons (Fsp3) is 0.312. The highest BCUT2D eigenvalue weighted by molar-refractivity contribution is 7.89. The lowest BCUT2D eigenvalue weighted by atomic mass is 10.2. The molecule has 0 atom stereocenters. The summed E-state index contributed by atoms with van der Waals surface area (Å²) in [4.78, 5) is 13.8. The third-order valence-electron chi connectivity index (χ3n) is 4.05. The largest absolute Gasteiger partial charge is 0.465 e. The van der Waals surface area contributed by atoms with Crippen LogP contribution in [0.25, 0.3) is 0 Å². The Labute approximate surface area is 149 Å². The molecule has 9 heteroatoms. The van der Waals surface area contributed by atoms with E-state index < -0.39 is 16.0 Å². The molecular formula is C16H17FN2O4S2. The molecule has 0 saturated carbocycles. The molecule has 0 N–H and O–H groups in total. The molecular weight excluding hydrogens is 367 g/mol. The van der Waals surface area contributed by atoms with Gasteiger partial charge in [-0.05, 0) is 35.7 Å². The first-order chi connectivity index (χ1) is 11.9. The highest BCUT2D eigenvalue weighted by Crippen LogP contribution is 2.27. The molecule has 1 aliphatic rings. The van der Waals surface area contributed by atoms with Crippen LogP contribution in [0.15, 0.2) is 40.6 Å². The number of piperazine rings is 1. The van der Waals surface area contributed by atoms with Crippen molar-refractivity contribution < 1.29 is 22.3 Å². The number of esters is 1. The fourth-order valence-corrected chi connectivity index (χ4v) is 5.45. The van der Waals surface area contributed by atoms with E-state index in [9.17, 15) is 17.6 Å². The summed E-state index contributed by atoms with van der Waals surface area (Å²) < 4.78 is 44.7. The van der Waals surface area contributed by atoms with Crippen molar-refractivity contribution in [1.82, 2.24) is 4.31 Å². The zero-order valence-corrected chi connectivity index (χ0v) is 15.1. The van der Waals surface area contributed by atoms with Crippen LogP contribution in [0, 0.1) is 5.82 Å². The van der Waals surface area contributed by atoms with Gasteiger partial charge in [-0.1, -0.05) is 0 Å². The normalized spacial score (nSPS) is 16.0. The number of carbonyl (C=O) groups excluding carboxylic acids is 1. The maximum absolute atomic E-state index is 13.0. The second-order valence-electron chi connectivity index (χ2n) is 5.47. The number of hydrogen-bond acceptors (Lipinski definition) is 6. The van der Waals surface area contributed by atoms with E-state index in [-0.39, 0.29) is 28.7 Å². The summed E-state index contributed by atoms with van der Waals surface area (Å²) in [6, 6.07) is 7.54. The highest BCUT2D eigenvalue weighted by atomic mass is 32.2. The molecule has 0 unspecified atom stereocenters. The van der Waals surface area contributed by atoms with Crippen LogP contribution in [-0.2, 0) is 14.8 Å². The molecule has 2 heterocycles. The molecule has 1 saturated heterocycles. The van der Waals surface area contributed by atoms with Crippen LogP contribution >= 0.6 is 11.3 Å². The predicted molar refractivity (Wildman–Crippen MR) is 93.0 cm³/mol. The van der Waals surface area contributed by atoms with E-state index in [1.54, 1.807) is 17.5 Å². The summed E-state index contributed by atoms with van der Waals surface area (Å²) >= 11 is 1.05. The standard InChI is InChI=1S/C16H17FN2O4S2/c1-23-16(20)15-14(6-11-24-15)25(21,22)19-9-7-18(8-10-19)13-4-2-12(17)3-5-13/h2-6,11H,7-10H2,1H3. The molecule has 1 fully saturated rings. The number of sulfonamides is 1. The zero-order valence-electron chi connectivity index (χ0n) is 13.5. The van der Waals surface area contributed by atoms with Crippen LogP contribution in [0.5, 0.6) is 0 Å². The maximum atomic E-state index is 13.0. The quantitative estimate of drug-likeness (QED) is 0.756. The molecule has 0 amide bonds. The van der Waals surface area contributed by atoms with Crippen LogP contribution in [0.4, 0.5) is 10.1 Å². The Bertz CT molecular complexity index is 857. The molecule has 1 aromatic heterocycles. The molecule has 3 rings (SSSR count). The first kappa shape index (κ1) is 17.8. The molecule has 25 heavy (non-hydrogen) atoms. The number of thiophene rings is 1. The number of nitrogens with zero attached hydrogens (tertiary/aromatic N) is 2. The Morgan fingerprint density at radius 1 is 1.12 bits per heavy atom. The summed E-state index contributed by atoms with van der Waals surface area (Å²) in [6.45, 7) is 1.55. The van der Waals surface area contributed by atoms with Gasteiger partial charge in [0, 0.05) is 31.9 Å². The van der Waals surface area contributed by atoms with E-state index in [1.807, 2.05) is 4.90 Å². The molecule has 1 aromatic carbocycles. The topological polar surface area (TPSA) is 66.9 Å². The summed E-state index contributed by atoms with van der Waals surface area (Å²) in [6.07, 6.45) is 0. The number of benzene rings is 1. The van der Waals surface area contributed by atoms with Crippen LogP contribution in [-0.4, -0.2) is 52.0 Å². The van der Waals surface area contributed by atoms with Crippen molar-refractivity contribution in [2.75, 3.05) is 38.2 Å². The lowest BCUT2D eigenvalue weighted by Crippen LogP contribution is -2.48. The van der Waals surface area contributed by atoms with E-state index in [4.69, 9.17) is 0 Å². The van der Waals surface area contributed by atoms with Crippen molar-refractivity contribution in [3.63, 3.8) is 0 Å². The van der Waals surface area contributed by atoms with E-state index in [2.05, 4.69) is 4.74 Å². The van der Waals surface area contributed by atoms with E-state index in [1.165, 1.54) is 29.6 Å². The SMILES string of the molecule is COC(=O)c1sccc1S(=O)(=O)N1CCN(c2ccc(F)cc2)CC1. The van der Waals surface area contributed by atoms with Crippen LogP contribution in [0.1, 0.15) is 9.67 Å². The minimum atomic E-state index is -3.76. The average molecular weight is 384 g/mol. The van der Waals surface area contributed by atoms with Crippen LogP contribution in [0.2, 0.25) is 0 Å². The van der Waals surface area contributed by atoms with E-state index in [0.29, 0.717) is 13.1 Å².